The Morgan fingerprint density at radius 1 is 1.26 bits per heavy atom. The number of rotatable bonds is 10. The number of allylic oxidation sites excluding steroid dienone is 3. The van der Waals surface area contributed by atoms with Gasteiger partial charge in [-0.3, -0.25) is 4.79 Å². The molecule has 130 valence electrons. The molecule has 2 unspecified atom stereocenters. The van der Waals surface area contributed by atoms with E-state index in [0.717, 1.165) is 37.7 Å². The molecule has 3 atom stereocenters. The number of esters is 1. The van der Waals surface area contributed by atoms with Crippen LogP contribution in [0, 0.1) is 11.8 Å². The van der Waals surface area contributed by atoms with E-state index in [1.807, 2.05) is 13.0 Å². The number of hydrogen-bond acceptors (Lipinski definition) is 4. The lowest BCUT2D eigenvalue weighted by molar-refractivity contribution is -0.189. The highest BCUT2D eigenvalue weighted by Crippen LogP contribution is 2.27. The maximum absolute atomic E-state index is 11.1. The number of ether oxygens (including phenoxy) is 1. The summed E-state index contributed by atoms with van der Waals surface area (Å²) in [6, 6.07) is 0. The number of aliphatic hydroxyl groups excluding tert-OH is 1. The van der Waals surface area contributed by atoms with Crippen LogP contribution < -0.4 is 0 Å². The predicted molar refractivity (Wildman–Crippen MR) is 87.9 cm³/mol. The van der Waals surface area contributed by atoms with Crippen LogP contribution in [0.2, 0.25) is 0 Å². The van der Waals surface area contributed by atoms with Crippen molar-refractivity contribution in [2.45, 2.75) is 59.0 Å². The van der Waals surface area contributed by atoms with Crippen LogP contribution in [0.1, 0.15) is 52.9 Å². The summed E-state index contributed by atoms with van der Waals surface area (Å²) in [5, 5.41) is 17.7. The smallest absolute Gasteiger partial charge is 0.328 e. The van der Waals surface area contributed by atoms with Gasteiger partial charge in [0, 0.05) is 6.08 Å². The minimum Gasteiger partial charge on any atom is -0.478 e. The van der Waals surface area contributed by atoms with E-state index in [4.69, 9.17) is 14.9 Å². The van der Waals surface area contributed by atoms with Gasteiger partial charge in [-0.1, -0.05) is 31.4 Å². The summed E-state index contributed by atoms with van der Waals surface area (Å²) in [5.74, 6) is -1.10. The molecule has 0 aromatic heterocycles. The zero-order valence-electron chi connectivity index (χ0n) is 14.2. The third kappa shape index (κ3) is 6.57. The van der Waals surface area contributed by atoms with Crippen LogP contribution in [0.25, 0.3) is 0 Å². The largest absolute Gasteiger partial charge is 0.478 e. The number of aliphatic carboxylic acids is 1. The Bertz CT molecular complexity index is 478. The molecule has 0 bridgehead atoms. The third-order valence-corrected chi connectivity index (χ3v) is 4.43. The molecule has 1 fully saturated rings. The third-order valence-electron chi connectivity index (χ3n) is 4.43. The fourth-order valence-corrected chi connectivity index (χ4v) is 2.79. The second-order valence-corrected chi connectivity index (χ2v) is 6.42. The zero-order valence-corrected chi connectivity index (χ0v) is 14.2. The van der Waals surface area contributed by atoms with Gasteiger partial charge in [0.1, 0.15) is 12.0 Å². The van der Waals surface area contributed by atoms with Crippen LogP contribution >= 0.6 is 0 Å². The maximum atomic E-state index is 11.1. The zero-order chi connectivity index (χ0) is 17.4. The lowest BCUT2D eigenvalue weighted by Gasteiger charge is -2.33. The van der Waals surface area contributed by atoms with Crippen LogP contribution in [0.15, 0.2) is 23.3 Å². The number of unbranched alkanes of at least 4 members (excludes halogenated alkanes) is 2. The van der Waals surface area contributed by atoms with Gasteiger partial charge in [-0.05, 0) is 44.6 Å². The topological polar surface area (TPSA) is 83.8 Å². The summed E-state index contributed by atoms with van der Waals surface area (Å²) in [4.78, 5) is 21.7. The molecule has 23 heavy (non-hydrogen) atoms. The molecule has 1 aliphatic heterocycles. The van der Waals surface area contributed by atoms with Crippen LogP contribution in [0.5, 0.6) is 0 Å². The van der Waals surface area contributed by atoms with Gasteiger partial charge in [0.25, 0.3) is 0 Å². The number of carboxylic acid groups (broad SMARTS) is 1. The van der Waals surface area contributed by atoms with E-state index in [1.54, 1.807) is 6.92 Å². The highest BCUT2D eigenvalue weighted by atomic mass is 16.6. The molecule has 0 saturated carbocycles. The van der Waals surface area contributed by atoms with Crippen molar-refractivity contribution < 1.29 is 24.5 Å². The lowest BCUT2D eigenvalue weighted by Crippen LogP contribution is -2.47. The number of aliphatic hydroxyl groups is 1. The molecule has 5 heteroatoms. The normalized spacial score (nSPS) is 23.2. The van der Waals surface area contributed by atoms with E-state index in [2.05, 4.69) is 6.92 Å². The van der Waals surface area contributed by atoms with Gasteiger partial charge in [-0.25, -0.2) is 4.79 Å². The number of hydrogen-bond donors (Lipinski definition) is 2. The van der Waals surface area contributed by atoms with Crippen molar-refractivity contribution >= 4 is 11.9 Å². The Balaban J connectivity index is 2.21. The quantitative estimate of drug-likeness (QED) is 0.279. The minimum absolute atomic E-state index is 0.102. The van der Waals surface area contributed by atoms with Crippen molar-refractivity contribution in [3.8, 4) is 0 Å². The molecule has 0 amide bonds. The Hall–Kier alpha value is -1.62. The van der Waals surface area contributed by atoms with Crippen molar-refractivity contribution in [2.75, 3.05) is 6.61 Å². The van der Waals surface area contributed by atoms with Gasteiger partial charge in [-0.15, -0.1) is 0 Å². The van der Waals surface area contributed by atoms with Gasteiger partial charge in [0.2, 0.25) is 0 Å². The lowest BCUT2D eigenvalue weighted by atomic mass is 9.91. The van der Waals surface area contributed by atoms with Gasteiger partial charge in [-0.2, -0.15) is 0 Å². The van der Waals surface area contributed by atoms with Crippen LogP contribution in [0.4, 0.5) is 0 Å². The van der Waals surface area contributed by atoms with Gasteiger partial charge in [0.05, 0.1) is 6.61 Å². The molecule has 1 rings (SSSR count). The number of carbonyl (C=O) groups excluding carboxylic acids is 1. The summed E-state index contributed by atoms with van der Waals surface area (Å²) >= 11 is 0. The molecule has 1 saturated heterocycles. The molecule has 1 heterocycles. The van der Waals surface area contributed by atoms with E-state index < -0.39 is 5.97 Å². The van der Waals surface area contributed by atoms with Gasteiger partial charge >= 0.3 is 11.9 Å². The van der Waals surface area contributed by atoms with E-state index in [0.29, 0.717) is 5.92 Å². The Kier molecular flexibility index (Phi) is 8.03. The highest BCUT2D eigenvalue weighted by Gasteiger charge is 2.40. The number of carbonyl (C=O) groups is 2. The predicted octanol–water partition coefficient (Wildman–Crippen LogP) is 3.08. The van der Waals surface area contributed by atoms with Crippen molar-refractivity contribution in [3.05, 3.63) is 23.3 Å². The van der Waals surface area contributed by atoms with Crippen molar-refractivity contribution in [3.63, 3.8) is 0 Å². The van der Waals surface area contributed by atoms with Crippen LogP contribution in [-0.2, 0) is 14.3 Å². The minimum atomic E-state index is -0.919. The summed E-state index contributed by atoms with van der Waals surface area (Å²) < 4.78 is 5.02. The van der Waals surface area contributed by atoms with E-state index in [1.165, 1.54) is 11.6 Å². The molecule has 0 aromatic rings. The standard InChI is InChI=1S/C18H28O5/c1-12(10-17(20)21)9-14(3)13(2)7-5-4-6-8-16-15(11-19)18(22)23-16/h9-10,13,15-16,19H,4-8,11H2,1-3H3,(H,20,21)/b12-10+,14-9?/t13?,15-,16?/m1/s1. The number of carboxylic acids is 1. The van der Waals surface area contributed by atoms with Crippen molar-refractivity contribution in [1.82, 2.24) is 0 Å². The summed E-state index contributed by atoms with van der Waals surface area (Å²) in [6.45, 7) is 5.86. The SMILES string of the molecule is CC(=C/C(C)=C/C(=O)O)C(C)CCCCCC1OC(=O)[C@@H]1CO. The summed E-state index contributed by atoms with van der Waals surface area (Å²) in [7, 11) is 0. The first-order chi connectivity index (χ1) is 10.8. The van der Waals surface area contributed by atoms with Gasteiger partial charge < -0.3 is 14.9 Å². The molecule has 0 spiro atoms. The van der Waals surface area contributed by atoms with Crippen molar-refractivity contribution in [2.24, 2.45) is 11.8 Å². The van der Waals surface area contributed by atoms with Crippen LogP contribution in [0.3, 0.4) is 0 Å². The first-order valence-corrected chi connectivity index (χ1v) is 8.26. The van der Waals surface area contributed by atoms with Crippen molar-refractivity contribution in [1.29, 1.82) is 0 Å². The Labute approximate surface area is 138 Å². The van der Waals surface area contributed by atoms with E-state index in [9.17, 15) is 9.59 Å². The first-order valence-electron chi connectivity index (χ1n) is 8.26. The van der Waals surface area contributed by atoms with E-state index in [-0.39, 0.29) is 24.6 Å². The second-order valence-electron chi connectivity index (χ2n) is 6.42. The van der Waals surface area contributed by atoms with Crippen LogP contribution in [-0.4, -0.2) is 34.9 Å². The molecular weight excluding hydrogens is 296 g/mol. The summed E-state index contributed by atoms with van der Waals surface area (Å²) in [6.07, 6.45) is 8.05. The first kappa shape index (κ1) is 19.4. The molecule has 0 aromatic carbocycles. The Morgan fingerprint density at radius 2 is 1.96 bits per heavy atom. The van der Waals surface area contributed by atoms with E-state index >= 15 is 0 Å². The molecule has 0 aliphatic carbocycles. The maximum Gasteiger partial charge on any atom is 0.328 e. The fraction of sp³-hybridized carbons (Fsp3) is 0.667. The summed E-state index contributed by atoms with van der Waals surface area (Å²) in [5.41, 5.74) is 1.94. The highest BCUT2D eigenvalue weighted by molar-refractivity contribution is 5.81. The molecular formula is C18H28O5. The molecule has 0 radical (unpaired) electrons. The average molecular weight is 324 g/mol. The van der Waals surface area contributed by atoms with Gasteiger partial charge in [0.15, 0.2) is 0 Å². The Morgan fingerprint density at radius 3 is 2.52 bits per heavy atom. The molecule has 5 nitrogen and oxygen atoms in total. The number of cyclic esters (lactones) is 1. The fourth-order valence-electron chi connectivity index (χ4n) is 2.79. The monoisotopic (exact) mass is 324 g/mol. The molecule has 2 N–H and O–H groups in total. The molecule has 1 aliphatic rings. The second kappa shape index (κ2) is 9.50. The average Bonchev–Trinajstić information content (AvgIpc) is 2.44.